The van der Waals surface area contributed by atoms with Crippen LogP contribution in [0.4, 0.5) is 0 Å². The minimum Gasteiger partial charge on any atom is -0.361 e. The van der Waals surface area contributed by atoms with Crippen molar-refractivity contribution < 1.29 is 4.92 Å². The number of hydrogen-bond donors (Lipinski definition) is 1. The van der Waals surface area contributed by atoms with E-state index in [9.17, 15) is 10.1 Å². The van der Waals surface area contributed by atoms with Gasteiger partial charge in [0.05, 0.1) is 5.92 Å². The second-order valence-electron chi connectivity index (χ2n) is 4.64. The maximum Gasteiger partial charge on any atom is 0.210 e. The molecule has 18 heavy (non-hydrogen) atoms. The molecule has 0 unspecified atom stereocenters. The number of unbranched alkanes of at least 4 members (excludes halogenated alkanes) is 1. The molecule has 0 aliphatic carbocycles. The number of aromatic amines is 1. The summed E-state index contributed by atoms with van der Waals surface area (Å²) in [6, 6.07) is 7.97. The van der Waals surface area contributed by atoms with E-state index in [0.717, 1.165) is 35.7 Å². The number of nitro groups is 1. The Bertz CT molecular complexity index is 533. The number of para-hydroxylation sites is 1. The summed E-state index contributed by atoms with van der Waals surface area (Å²) in [4.78, 5) is 13.8. The van der Waals surface area contributed by atoms with E-state index in [0.29, 0.717) is 0 Å². The normalized spacial score (nSPS) is 12.7. The Morgan fingerprint density at radius 2 is 2.17 bits per heavy atom. The molecule has 0 aliphatic heterocycles. The number of nitrogens with zero attached hydrogens (tertiary/aromatic N) is 1. The Morgan fingerprint density at radius 1 is 1.39 bits per heavy atom. The summed E-state index contributed by atoms with van der Waals surface area (Å²) in [5.41, 5.74) is 2.13. The molecule has 0 spiro atoms. The van der Waals surface area contributed by atoms with Crippen molar-refractivity contribution in [1.82, 2.24) is 4.98 Å². The highest BCUT2D eigenvalue weighted by Crippen LogP contribution is 2.29. The van der Waals surface area contributed by atoms with Crippen molar-refractivity contribution in [3.05, 3.63) is 46.1 Å². The number of hydrogen-bond acceptors (Lipinski definition) is 2. The van der Waals surface area contributed by atoms with Crippen LogP contribution in [0.15, 0.2) is 30.5 Å². The van der Waals surface area contributed by atoms with Crippen LogP contribution in [0.25, 0.3) is 10.9 Å². The molecule has 0 bridgehead atoms. The van der Waals surface area contributed by atoms with Gasteiger partial charge < -0.3 is 4.98 Å². The van der Waals surface area contributed by atoms with E-state index in [1.54, 1.807) is 0 Å². The Kier molecular flexibility index (Phi) is 3.97. The molecule has 0 fully saturated rings. The minimum absolute atomic E-state index is 0.0103. The molecule has 0 saturated carbocycles. The van der Waals surface area contributed by atoms with E-state index in [1.807, 2.05) is 30.5 Å². The second-order valence-corrected chi connectivity index (χ2v) is 4.64. The molecule has 1 heterocycles. The fourth-order valence-corrected chi connectivity index (χ4v) is 2.41. The van der Waals surface area contributed by atoms with Gasteiger partial charge in [-0.1, -0.05) is 38.0 Å². The summed E-state index contributed by atoms with van der Waals surface area (Å²) in [6.45, 7) is 2.13. The van der Waals surface area contributed by atoms with E-state index in [-0.39, 0.29) is 17.4 Å². The standard InChI is InChI=1S/C14H18N2O2/c1-2-3-6-11(10-16(17)18)13-9-15-14-8-5-4-7-12(13)14/h4-5,7-9,11,15H,2-3,6,10H2,1H3/t11-/m0/s1. The SMILES string of the molecule is CCCC[C@@H](C[N+](=O)[O-])c1c[nH]c2ccccc12. The molecule has 1 N–H and O–H groups in total. The largest absolute Gasteiger partial charge is 0.361 e. The quantitative estimate of drug-likeness (QED) is 0.623. The van der Waals surface area contributed by atoms with Gasteiger partial charge in [-0.15, -0.1) is 0 Å². The van der Waals surface area contributed by atoms with Crippen LogP contribution in [0.3, 0.4) is 0 Å². The van der Waals surface area contributed by atoms with Crippen LogP contribution in [-0.2, 0) is 0 Å². The molecule has 0 radical (unpaired) electrons. The summed E-state index contributed by atoms with van der Waals surface area (Å²) in [6.07, 6.45) is 4.89. The van der Waals surface area contributed by atoms with Crippen LogP contribution in [0.1, 0.15) is 37.7 Å². The van der Waals surface area contributed by atoms with Gasteiger partial charge in [-0.25, -0.2) is 0 Å². The van der Waals surface area contributed by atoms with Crippen LogP contribution >= 0.6 is 0 Å². The van der Waals surface area contributed by atoms with Crippen molar-refractivity contribution in [2.45, 2.75) is 32.1 Å². The third kappa shape index (κ3) is 2.70. The molecule has 1 aromatic carbocycles. The highest BCUT2D eigenvalue weighted by atomic mass is 16.6. The third-order valence-corrected chi connectivity index (χ3v) is 3.34. The highest BCUT2D eigenvalue weighted by Gasteiger charge is 2.20. The fourth-order valence-electron chi connectivity index (χ4n) is 2.41. The van der Waals surface area contributed by atoms with Crippen molar-refractivity contribution in [2.24, 2.45) is 0 Å². The van der Waals surface area contributed by atoms with Gasteiger partial charge in [0.15, 0.2) is 0 Å². The van der Waals surface area contributed by atoms with Gasteiger partial charge in [0.1, 0.15) is 0 Å². The molecule has 0 amide bonds. The average Bonchev–Trinajstić information content (AvgIpc) is 2.78. The van der Waals surface area contributed by atoms with E-state index in [4.69, 9.17) is 0 Å². The maximum absolute atomic E-state index is 10.8. The molecule has 1 aromatic heterocycles. The topological polar surface area (TPSA) is 58.9 Å². The first kappa shape index (κ1) is 12.6. The summed E-state index contributed by atoms with van der Waals surface area (Å²) < 4.78 is 0. The zero-order chi connectivity index (χ0) is 13.0. The lowest BCUT2D eigenvalue weighted by molar-refractivity contribution is -0.483. The second kappa shape index (κ2) is 5.67. The Hall–Kier alpha value is -1.84. The molecule has 4 heteroatoms. The van der Waals surface area contributed by atoms with Gasteiger partial charge in [-0.2, -0.15) is 0 Å². The van der Waals surface area contributed by atoms with E-state index in [1.165, 1.54) is 0 Å². The zero-order valence-corrected chi connectivity index (χ0v) is 10.6. The lowest BCUT2D eigenvalue weighted by Gasteiger charge is -2.11. The molecule has 0 aliphatic rings. The Balaban J connectivity index is 2.31. The number of nitrogens with one attached hydrogen (secondary N) is 1. The van der Waals surface area contributed by atoms with Crippen LogP contribution < -0.4 is 0 Å². The van der Waals surface area contributed by atoms with Gasteiger partial charge in [0.25, 0.3) is 0 Å². The highest BCUT2D eigenvalue weighted by molar-refractivity contribution is 5.83. The zero-order valence-electron chi connectivity index (χ0n) is 10.6. The third-order valence-electron chi connectivity index (χ3n) is 3.34. The number of H-pyrrole nitrogens is 1. The summed E-state index contributed by atoms with van der Waals surface area (Å²) in [7, 11) is 0. The minimum atomic E-state index is -0.206. The summed E-state index contributed by atoms with van der Waals surface area (Å²) in [5.74, 6) is 0.0103. The molecule has 4 nitrogen and oxygen atoms in total. The van der Waals surface area contributed by atoms with E-state index < -0.39 is 0 Å². The molecule has 2 aromatic rings. The van der Waals surface area contributed by atoms with Gasteiger partial charge in [0.2, 0.25) is 6.54 Å². The van der Waals surface area contributed by atoms with Gasteiger partial charge in [-0.05, 0) is 18.1 Å². The van der Waals surface area contributed by atoms with Crippen LogP contribution in [0.5, 0.6) is 0 Å². The molecular formula is C14H18N2O2. The van der Waals surface area contributed by atoms with Crippen molar-refractivity contribution >= 4 is 10.9 Å². The Morgan fingerprint density at radius 3 is 2.89 bits per heavy atom. The lowest BCUT2D eigenvalue weighted by Crippen LogP contribution is -2.12. The van der Waals surface area contributed by atoms with Crippen molar-refractivity contribution in [2.75, 3.05) is 6.54 Å². The first-order valence-corrected chi connectivity index (χ1v) is 6.40. The monoisotopic (exact) mass is 246 g/mol. The Labute approximate surface area is 106 Å². The summed E-state index contributed by atoms with van der Waals surface area (Å²) in [5, 5.41) is 11.9. The number of aromatic nitrogens is 1. The number of benzene rings is 1. The van der Waals surface area contributed by atoms with Crippen molar-refractivity contribution in [3.63, 3.8) is 0 Å². The van der Waals surface area contributed by atoms with Crippen LogP contribution in [0.2, 0.25) is 0 Å². The van der Waals surface area contributed by atoms with Crippen LogP contribution in [-0.4, -0.2) is 16.5 Å². The average molecular weight is 246 g/mol. The van der Waals surface area contributed by atoms with E-state index in [2.05, 4.69) is 11.9 Å². The predicted molar refractivity (Wildman–Crippen MR) is 72.4 cm³/mol. The van der Waals surface area contributed by atoms with Gasteiger partial charge in [0, 0.05) is 22.0 Å². The first-order valence-electron chi connectivity index (χ1n) is 6.40. The molecule has 1 atom stereocenters. The first-order chi connectivity index (χ1) is 8.72. The molecule has 2 rings (SSSR count). The molecular weight excluding hydrogens is 228 g/mol. The number of fused-ring (bicyclic) bond motifs is 1. The fraction of sp³-hybridized carbons (Fsp3) is 0.429. The number of rotatable bonds is 6. The van der Waals surface area contributed by atoms with Crippen LogP contribution in [0, 0.1) is 10.1 Å². The van der Waals surface area contributed by atoms with Gasteiger partial charge in [-0.3, -0.25) is 10.1 Å². The maximum atomic E-state index is 10.8. The van der Waals surface area contributed by atoms with Crippen molar-refractivity contribution in [3.8, 4) is 0 Å². The summed E-state index contributed by atoms with van der Waals surface area (Å²) >= 11 is 0. The lowest BCUT2D eigenvalue weighted by atomic mass is 9.93. The van der Waals surface area contributed by atoms with E-state index >= 15 is 0 Å². The van der Waals surface area contributed by atoms with Crippen molar-refractivity contribution in [1.29, 1.82) is 0 Å². The predicted octanol–water partition coefficient (Wildman–Crippen LogP) is 3.72. The molecule has 96 valence electrons. The smallest absolute Gasteiger partial charge is 0.210 e. The van der Waals surface area contributed by atoms with Gasteiger partial charge >= 0.3 is 0 Å². The molecule has 0 saturated heterocycles.